The predicted octanol–water partition coefficient (Wildman–Crippen LogP) is 1.76. The topological polar surface area (TPSA) is 85.0 Å². The number of hydrogen-bond acceptors (Lipinski definition) is 5. The molecule has 1 amide bonds. The maximum Gasteiger partial charge on any atom is 0.233 e. The number of amides is 1. The van der Waals surface area contributed by atoms with Crippen LogP contribution >= 0.6 is 0 Å². The SMILES string of the molecule is Cc1noc(C)c1C(C)C(=O)Nc1ccn(C2CCNC2)n1. The molecule has 7 nitrogen and oxygen atoms in total. The summed E-state index contributed by atoms with van der Waals surface area (Å²) in [6.07, 6.45) is 2.97. The van der Waals surface area contributed by atoms with Crippen molar-refractivity contribution in [2.45, 2.75) is 39.2 Å². The summed E-state index contributed by atoms with van der Waals surface area (Å²) in [4.78, 5) is 12.4. The molecule has 0 radical (unpaired) electrons. The lowest BCUT2D eigenvalue weighted by molar-refractivity contribution is -0.117. The highest BCUT2D eigenvalue weighted by molar-refractivity contribution is 5.95. The summed E-state index contributed by atoms with van der Waals surface area (Å²) < 4.78 is 7.04. The third-order valence-corrected chi connectivity index (χ3v) is 4.18. The summed E-state index contributed by atoms with van der Waals surface area (Å²) >= 11 is 0. The molecule has 0 bridgehead atoms. The summed E-state index contributed by atoms with van der Waals surface area (Å²) in [5.74, 6) is 0.826. The van der Waals surface area contributed by atoms with Crippen molar-refractivity contribution in [3.8, 4) is 0 Å². The molecule has 118 valence electrons. The number of aryl methyl sites for hydroxylation is 2. The molecule has 22 heavy (non-hydrogen) atoms. The number of carbonyl (C=O) groups excluding carboxylic acids is 1. The summed E-state index contributed by atoms with van der Waals surface area (Å²) in [5.41, 5.74) is 1.60. The maximum absolute atomic E-state index is 12.4. The van der Waals surface area contributed by atoms with Crippen LogP contribution in [0.1, 0.15) is 42.3 Å². The fraction of sp³-hybridized carbons (Fsp3) is 0.533. The van der Waals surface area contributed by atoms with Gasteiger partial charge in [0.25, 0.3) is 0 Å². The number of nitrogens with zero attached hydrogens (tertiary/aromatic N) is 3. The number of anilines is 1. The molecule has 2 atom stereocenters. The molecule has 0 aromatic carbocycles. The van der Waals surface area contributed by atoms with E-state index in [0.29, 0.717) is 17.6 Å². The normalized spacial score (nSPS) is 19.3. The van der Waals surface area contributed by atoms with E-state index in [1.165, 1.54) is 0 Å². The Kier molecular flexibility index (Phi) is 3.98. The summed E-state index contributed by atoms with van der Waals surface area (Å²) in [6, 6.07) is 2.20. The Morgan fingerprint density at radius 1 is 1.55 bits per heavy atom. The van der Waals surface area contributed by atoms with Crippen LogP contribution < -0.4 is 10.6 Å². The lowest BCUT2D eigenvalue weighted by atomic mass is 9.99. The first-order valence-electron chi connectivity index (χ1n) is 7.55. The Labute approximate surface area is 129 Å². The first-order valence-corrected chi connectivity index (χ1v) is 7.55. The van der Waals surface area contributed by atoms with Crippen LogP contribution in [0.15, 0.2) is 16.8 Å². The van der Waals surface area contributed by atoms with Gasteiger partial charge in [-0.1, -0.05) is 5.16 Å². The molecule has 0 aliphatic carbocycles. The number of aromatic nitrogens is 3. The van der Waals surface area contributed by atoms with Gasteiger partial charge in [-0.15, -0.1) is 0 Å². The fourth-order valence-corrected chi connectivity index (χ4v) is 2.95. The van der Waals surface area contributed by atoms with Crippen molar-refractivity contribution in [2.24, 2.45) is 0 Å². The van der Waals surface area contributed by atoms with Crippen LogP contribution in [-0.2, 0) is 4.79 Å². The molecule has 7 heteroatoms. The van der Waals surface area contributed by atoms with E-state index in [0.717, 1.165) is 30.8 Å². The zero-order valence-electron chi connectivity index (χ0n) is 13.1. The standard InChI is InChI=1S/C15H21N5O2/c1-9(14-10(2)19-22-11(14)3)15(21)17-13-5-7-20(18-13)12-4-6-16-8-12/h5,7,9,12,16H,4,6,8H2,1-3H3,(H,17,18,21). The molecule has 2 aromatic heterocycles. The van der Waals surface area contributed by atoms with E-state index in [9.17, 15) is 4.79 Å². The zero-order chi connectivity index (χ0) is 15.7. The molecule has 2 aromatic rings. The first kappa shape index (κ1) is 14.8. The van der Waals surface area contributed by atoms with Gasteiger partial charge >= 0.3 is 0 Å². The highest BCUT2D eigenvalue weighted by Crippen LogP contribution is 2.24. The Hall–Kier alpha value is -2.15. The lowest BCUT2D eigenvalue weighted by Crippen LogP contribution is -2.20. The van der Waals surface area contributed by atoms with Gasteiger partial charge in [0, 0.05) is 24.4 Å². The van der Waals surface area contributed by atoms with Crippen LogP contribution in [0, 0.1) is 13.8 Å². The van der Waals surface area contributed by atoms with Crippen LogP contribution in [0.5, 0.6) is 0 Å². The van der Waals surface area contributed by atoms with E-state index < -0.39 is 0 Å². The molecule has 1 aliphatic rings. The van der Waals surface area contributed by atoms with Gasteiger partial charge in [0.05, 0.1) is 17.7 Å². The minimum absolute atomic E-state index is 0.107. The largest absolute Gasteiger partial charge is 0.361 e. The van der Waals surface area contributed by atoms with Gasteiger partial charge in [0.15, 0.2) is 5.82 Å². The molecule has 1 aliphatic heterocycles. The summed E-state index contributed by atoms with van der Waals surface area (Å²) in [7, 11) is 0. The molecule has 1 saturated heterocycles. The number of rotatable bonds is 4. The Balaban J connectivity index is 1.69. The van der Waals surface area contributed by atoms with Gasteiger partial charge in [-0.05, 0) is 33.7 Å². The maximum atomic E-state index is 12.4. The molecular formula is C15H21N5O2. The van der Waals surface area contributed by atoms with Crippen molar-refractivity contribution in [3.63, 3.8) is 0 Å². The van der Waals surface area contributed by atoms with Gasteiger partial charge in [-0.3, -0.25) is 9.48 Å². The minimum atomic E-state index is -0.329. The smallest absolute Gasteiger partial charge is 0.233 e. The zero-order valence-corrected chi connectivity index (χ0v) is 13.1. The second kappa shape index (κ2) is 5.92. The van der Waals surface area contributed by atoms with Gasteiger partial charge in [-0.25, -0.2) is 0 Å². The molecule has 2 N–H and O–H groups in total. The number of carbonyl (C=O) groups is 1. The minimum Gasteiger partial charge on any atom is -0.361 e. The summed E-state index contributed by atoms with van der Waals surface area (Å²) in [6.45, 7) is 7.44. The van der Waals surface area contributed by atoms with E-state index in [-0.39, 0.29) is 11.8 Å². The van der Waals surface area contributed by atoms with Crippen molar-refractivity contribution in [1.29, 1.82) is 0 Å². The second-order valence-electron chi connectivity index (χ2n) is 5.78. The predicted molar refractivity (Wildman–Crippen MR) is 81.8 cm³/mol. The number of hydrogen-bond donors (Lipinski definition) is 2. The second-order valence-corrected chi connectivity index (χ2v) is 5.78. The third kappa shape index (κ3) is 2.76. The molecule has 1 fully saturated rings. The van der Waals surface area contributed by atoms with Crippen molar-refractivity contribution in [1.82, 2.24) is 20.3 Å². The van der Waals surface area contributed by atoms with Crippen LogP contribution in [0.3, 0.4) is 0 Å². The van der Waals surface area contributed by atoms with Gasteiger partial charge in [0.1, 0.15) is 5.76 Å². The Bertz CT molecular complexity index is 650. The van der Waals surface area contributed by atoms with E-state index in [4.69, 9.17) is 4.52 Å². The van der Waals surface area contributed by atoms with E-state index in [2.05, 4.69) is 20.9 Å². The molecule has 0 spiro atoms. The monoisotopic (exact) mass is 303 g/mol. The van der Waals surface area contributed by atoms with E-state index in [1.54, 1.807) is 0 Å². The van der Waals surface area contributed by atoms with E-state index >= 15 is 0 Å². The third-order valence-electron chi connectivity index (χ3n) is 4.18. The van der Waals surface area contributed by atoms with Crippen LogP contribution in [0.4, 0.5) is 5.82 Å². The first-order chi connectivity index (χ1) is 10.6. The summed E-state index contributed by atoms with van der Waals surface area (Å²) in [5, 5.41) is 14.5. The van der Waals surface area contributed by atoms with E-state index in [1.807, 2.05) is 37.7 Å². The molecule has 0 saturated carbocycles. The van der Waals surface area contributed by atoms with Gasteiger partial charge in [-0.2, -0.15) is 5.10 Å². The van der Waals surface area contributed by atoms with Crippen molar-refractivity contribution in [2.75, 3.05) is 18.4 Å². The Morgan fingerprint density at radius 3 is 3.00 bits per heavy atom. The van der Waals surface area contributed by atoms with Crippen LogP contribution in [0.25, 0.3) is 0 Å². The average Bonchev–Trinajstić information content (AvgIpc) is 3.20. The quantitative estimate of drug-likeness (QED) is 0.899. The van der Waals surface area contributed by atoms with Crippen molar-refractivity contribution >= 4 is 11.7 Å². The highest BCUT2D eigenvalue weighted by atomic mass is 16.5. The van der Waals surface area contributed by atoms with Crippen molar-refractivity contribution < 1.29 is 9.32 Å². The molecule has 2 unspecified atom stereocenters. The highest BCUT2D eigenvalue weighted by Gasteiger charge is 2.24. The van der Waals surface area contributed by atoms with Crippen LogP contribution in [-0.4, -0.2) is 33.9 Å². The average molecular weight is 303 g/mol. The molecular weight excluding hydrogens is 282 g/mol. The Morgan fingerprint density at radius 2 is 2.36 bits per heavy atom. The lowest BCUT2D eigenvalue weighted by Gasteiger charge is -2.11. The fourth-order valence-electron chi connectivity index (χ4n) is 2.95. The van der Waals surface area contributed by atoms with Gasteiger partial charge in [0.2, 0.25) is 5.91 Å². The van der Waals surface area contributed by atoms with Crippen LogP contribution in [0.2, 0.25) is 0 Å². The van der Waals surface area contributed by atoms with Gasteiger partial charge < -0.3 is 15.2 Å². The van der Waals surface area contributed by atoms with Crippen molar-refractivity contribution in [3.05, 3.63) is 29.3 Å². The molecule has 3 rings (SSSR count). The number of nitrogens with one attached hydrogen (secondary N) is 2. The molecule has 3 heterocycles.